The predicted octanol–water partition coefficient (Wildman–Crippen LogP) is 3.18. The molecule has 3 N–H and O–H groups in total. The van der Waals surface area contributed by atoms with Crippen LogP contribution in [0.3, 0.4) is 0 Å². The van der Waals surface area contributed by atoms with Gasteiger partial charge in [0.05, 0.1) is 37.6 Å². The molecule has 0 aliphatic carbocycles. The van der Waals surface area contributed by atoms with Gasteiger partial charge in [-0.2, -0.15) is 0 Å². The zero-order valence-electron chi connectivity index (χ0n) is 22.8. The van der Waals surface area contributed by atoms with Gasteiger partial charge in [0.2, 0.25) is 0 Å². The van der Waals surface area contributed by atoms with Crippen molar-refractivity contribution in [3.63, 3.8) is 0 Å². The molecule has 1 atom stereocenters. The Balaban J connectivity index is 1.23. The first-order chi connectivity index (χ1) is 19.4. The Labute approximate surface area is 233 Å². The van der Waals surface area contributed by atoms with Crippen LogP contribution in [0.5, 0.6) is 5.75 Å². The Morgan fingerprint density at radius 1 is 1.05 bits per heavy atom. The fraction of sp³-hybridized carbons (Fsp3) is 0.355. The van der Waals surface area contributed by atoms with Gasteiger partial charge in [-0.25, -0.2) is 0 Å². The van der Waals surface area contributed by atoms with Crippen LogP contribution in [-0.4, -0.2) is 90.9 Å². The molecule has 3 aromatic rings. The molecule has 1 unspecified atom stereocenters. The molecule has 6 rings (SSSR count). The van der Waals surface area contributed by atoms with Crippen molar-refractivity contribution in [1.82, 2.24) is 14.8 Å². The molecule has 1 aromatic heterocycles. The summed E-state index contributed by atoms with van der Waals surface area (Å²) in [6, 6.07) is 13.7. The number of carbonyl (C=O) groups is 2. The maximum atomic E-state index is 13.5. The predicted molar refractivity (Wildman–Crippen MR) is 153 cm³/mol. The van der Waals surface area contributed by atoms with Crippen LogP contribution in [0.2, 0.25) is 0 Å². The number of methoxy groups -OCH3 is 1. The number of rotatable bonds is 7. The molecule has 0 bridgehead atoms. The zero-order valence-corrected chi connectivity index (χ0v) is 22.8. The van der Waals surface area contributed by atoms with Gasteiger partial charge in [0.25, 0.3) is 11.8 Å². The van der Waals surface area contributed by atoms with Gasteiger partial charge in [-0.05, 0) is 54.0 Å². The molecule has 1 fully saturated rings. The molecule has 2 amide bonds. The fourth-order valence-electron chi connectivity index (χ4n) is 5.81. The van der Waals surface area contributed by atoms with Crippen molar-refractivity contribution in [1.29, 1.82) is 0 Å². The number of aliphatic hydroxyl groups excluding tert-OH is 1. The van der Waals surface area contributed by atoms with Gasteiger partial charge in [0.15, 0.2) is 0 Å². The van der Waals surface area contributed by atoms with Gasteiger partial charge in [-0.1, -0.05) is 18.2 Å². The monoisotopic (exact) mass is 542 g/mol. The molecule has 0 radical (unpaired) electrons. The quantitative estimate of drug-likeness (QED) is 0.396. The summed E-state index contributed by atoms with van der Waals surface area (Å²) in [6.07, 6.45) is 1.89. The molecular weight excluding hydrogens is 508 g/mol. The number of carbonyl (C=O) groups excluding carboxylic acids is 2. The van der Waals surface area contributed by atoms with E-state index < -0.39 is 6.10 Å². The number of fused-ring (bicyclic) bond motifs is 2. The third kappa shape index (κ3) is 5.03. The Bertz CT molecular complexity index is 1470. The number of nitrogens with one attached hydrogen (secondary N) is 2. The van der Waals surface area contributed by atoms with E-state index in [9.17, 15) is 14.7 Å². The van der Waals surface area contributed by atoms with Crippen molar-refractivity contribution in [3.8, 4) is 16.9 Å². The number of morpholine rings is 1. The summed E-state index contributed by atoms with van der Waals surface area (Å²) < 4.78 is 10.7. The van der Waals surface area contributed by atoms with E-state index >= 15 is 0 Å². The average Bonchev–Trinajstić information content (AvgIpc) is 3.46. The first-order valence-electron chi connectivity index (χ1n) is 13.7. The highest BCUT2D eigenvalue weighted by Gasteiger charge is 2.32. The van der Waals surface area contributed by atoms with Gasteiger partial charge in [-0.15, -0.1) is 0 Å². The summed E-state index contributed by atoms with van der Waals surface area (Å²) in [4.78, 5) is 33.8. The van der Waals surface area contributed by atoms with Gasteiger partial charge < -0.3 is 29.8 Å². The summed E-state index contributed by atoms with van der Waals surface area (Å²) in [5.74, 6) is 0.528. The number of nitrogens with zero attached hydrogens (tertiary/aromatic N) is 2. The first kappa shape index (κ1) is 26.3. The van der Waals surface area contributed by atoms with E-state index in [1.54, 1.807) is 12.0 Å². The number of H-pyrrole nitrogens is 1. The third-order valence-electron chi connectivity index (χ3n) is 8.02. The second-order valence-corrected chi connectivity index (χ2v) is 10.6. The second-order valence-electron chi connectivity index (χ2n) is 10.6. The number of benzene rings is 2. The van der Waals surface area contributed by atoms with E-state index in [-0.39, 0.29) is 11.8 Å². The van der Waals surface area contributed by atoms with E-state index in [1.807, 2.05) is 55.5 Å². The zero-order chi connectivity index (χ0) is 27.8. The van der Waals surface area contributed by atoms with E-state index in [0.717, 1.165) is 58.2 Å². The highest BCUT2D eigenvalue weighted by atomic mass is 16.5. The topological polar surface area (TPSA) is 107 Å². The molecule has 0 spiro atoms. The van der Waals surface area contributed by atoms with Crippen LogP contribution in [0.15, 0.2) is 42.5 Å². The highest BCUT2D eigenvalue weighted by Crippen LogP contribution is 2.37. The number of β-amino-alcohol motifs (C(OH)–C–C–N with tert-alkyl or cyclic N) is 1. The molecule has 9 heteroatoms. The SMILES string of the molecule is COc1ccc(-c2ccc3c(c2)C(=Cc2[nH]c4c(c2C)C(=O)N(CC(O)CN2CCOCC2)CC4)C(=O)N3)cc1. The molecule has 3 aliphatic rings. The molecule has 9 nitrogen and oxygen atoms in total. The van der Waals surface area contributed by atoms with Crippen molar-refractivity contribution in [2.75, 3.05) is 58.4 Å². The van der Waals surface area contributed by atoms with Crippen LogP contribution in [0.25, 0.3) is 22.8 Å². The van der Waals surface area contributed by atoms with Gasteiger partial charge in [0.1, 0.15) is 5.75 Å². The number of hydrogen-bond donors (Lipinski definition) is 3. The number of anilines is 1. The Morgan fingerprint density at radius 2 is 1.80 bits per heavy atom. The number of hydrogen-bond acceptors (Lipinski definition) is 6. The summed E-state index contributed by atoms with van der Waals surface area (Å²) in [5.41, 5.74) is 7.24. The first-order valence-corrected chi connectivity index (χ1v) is 13.7. The largest absolute Gasteiger partial charge is 0.497 e. The van der Waals surface area contributed by atoms with E-state index in [4.69, 9.17) is 9.47 Å². The van der Waals surface area contributed by atoms with Crippen LogP contribution in [-0.2, 0) is 16.0 Å². The fourth-order valence-corrected chi connectivity index (χ4v) is 5.81. The lowest BCUT2D eigenvalue weighted by Gasteiger charge is -2.32. The van der Waals surface area contributed by atoms with Crippen molar-refractivity contribution < 1.29 is 24.2 Å². The minimum absolute atomic E-state index is 0.0845. The van der Waals surface area contributed by atoms with Crippen LogP contribution >= 0.6 is 0 Å². The van der Waals surface area contributed by atoms with Crippen molar-refractivity contribution in [3.05, 3.63) is 70.5 Å². The smallest absolute Gasteiger partial charge is 0.256 e. The maximum absolute atomic E-state index is 13.5. The third-order valence-corrected chi connectivity index (χ3v) is 8.02. The van der Waals surface area contributed by atoms with E-state index in [0.29, 0.717) is 50.4 Å². The molecule has 4 heterocycles. The van der Waals surface area contributed by atoms with Gasteiger partial charge >= 0.3 is 0 Å². The molecule has 1 saturated heterocycles. The number of aromatic amines is 1. The van der Waals surface area contributed by atoms with E-state index in [2.05, 4.69) is 15.2 Å². The number of amides is 2. The standard InChI is InChI=1S/C31H34N4O5/c1-19-28(32-27-9-10-35(31(38)29(19)27)18-22(36)17-34-11-13-40-14-12-34)16-25-24-15-21(5-8-26(24)33-30(25)37)20-3-6-23(39-2)7-4-20/h3-8,15-16,22,32,36H,9-14,17-18H2,1-2H3,(H,33,37). The highest BCUT2D eigenvalue weighted by molar-refractivity contribution is 6.35. The Hall–Kier alpha value is -3.92. The summed E-state index contributed by atoms with van der Waals surface area (Å²) >= 11 is 0. The normalized spacial score (nSPS) is 19.0. The van der Waals surface area contributed by atoms with Crippen molar-refractivity contribution in [2.24, 2.45) is 0 Å². The lowest BCUT2D eigenvalue weighted by molar-refractivity contribution is -0.110. The van der Waals surface area contributed by atoms with Crippen molar-refractivity contribution >= 4 is 29.2 Å². The minimum atomic E-state index is -0.622. The van der Waals surface area contributed by atoms with Gasteiger partial charge in [0, 0.05) is 61.8 Å². The molecule has 40 heavy (non-hydrogen) atoms. The van der Waals surface area contributed by atoms with E-state index in [1.165, 1.54) is 0 Å². The lowest BCUT2D eigenvalue weighted by atomic mass is 9.98. The van der Waals surface area contributed by atoms with Crippen LogP contribution in [0.1, 0.15) is 32.9 Å². The summed E-state index contributed by atoms with van der Waals surface area (Å²) in [5, 5.41) is 13.7. The van der Waals surface area contributed by atoms with Crippen molar-refractivity contribution in [2.45, 2.75) is 19.4 Å². The number of ether oxygens (including phenoxy) is 2. The molecule has 208 valence electrons. The summed E-state index contributed by atoms with van der Waals surface area (Å²) in [7, 11) is 1.64. The van der Waals surface area contributed by atoms with Crippen LogP contribution in [0, 0.1) is 6.92 Å². The second kappa shape index (κ2) is 10.9. The molecule has 3 aliphatic heterocycles. The molecule has 2 aromatic carbocycles. The molecule has 0 saturated carbocycles. The Kier molecular flexibility index (Phi) is 7.18. The summed E-state index contributed by atoms with van der Waals surface area (Å²) in [6.45, 7) is 6.20. The lowest BCUT2D eigenvalue weighted by Crippen LogP contribution is -2.47. The number of aliphatic hydroxyl groups is 1. The maximum Gasteiger partial charge on any atom is 0.256 e. The van der Waals surface area contributed by atoms with Gasteiger partial charge in [-0.3, -0.25) is 14.5 Å². The average molecular weight is 543 g/mol. The molecular formula is C31H34N4O5. The Morgan fingerprint density at radius 3 is 2.55 bits per heavy atom. The number of aromatic nitrogens is 1. The van der Waals surface area contributed by atoms with Crippen LogP contribution in [0.4, 0.5) is 5.69 Å². The minimum Gasteiger partial charge on any atom is -0.497 e. The van der Waals surface area contributed by atoms with Crippen LogP contribution < -0.4 is 10.1 Å².